The van der Waals surface area contributed by atoms with Crippen LogP contribution < -0.4 is 0 Å². The van der Waals surface area contributed by atoms with Crippen LogP contribution in [0.15, 0.2) is 23.0 Å². The summed E-state index contributed by atoms with van der Waals surface area (Å²) < 4.78 is 4.96. The first-order chi connectivity index (χ1) is 5.84. The molecule has 1 saturated heterocycles. The smallest absolute Gasteiger partial charge is 0.0947 e. The van der Waals surface area contributed by atoms with Gasteiger partial charge in [-0.15, -0.1) is 0 Å². The second-order valence-corrected chi connectivity index (χ2v) is 3.31. The Morgan fingerprint density at radius 1 is 1.67 bits per heavy atom. The van der Waals surface area contributed by atoms with Gasteiger partial charge in [-0.2, -0.15) is 0 Å². The molecule has 1 aliphatic heterocycles. The number of hydrogen-bond acceptors (Lipinski definition) is 3. The van der Waals surface area contributed by atoms with Gasteiger partial charge in [0.2, 0.25) is 0 Å². The van der Waals surface area contributed by atoms with E-state index in [-0.39, 0.29) is 6.10 Å². The lowest BCUT2D eigenvalue weighted by atomic mass is 10.3. The molecule has 12 heavy (non-hydrogen) atoms. The predicted molar refractivity (Wildman–Crippen MR) is 44.6 cm³/mol. The molecule has 2 rings (SSSR count). The second-order valence-electron chi connectivity index (χ2n) is 3.31. The quantitative estimate of drug-likeness (QED) is 0.709. The van der Waals surface area contributed by atoms with Crippen LogP contribution in [-0.2, 0) is 6.54 Å². The Balaban J connectivity index is 1.88. The number of β-amino-alcohol motifs (C(OH)–C–C–N with tert-alkyl or cyclic N) is 1. The third-order valence-electron chi connectivity index (χ3n) is 2.23. The Morgan fingerprint density at radius 2 is 2.58 bits per heavy atom. The van der Waals surface area contributed by atoms with E-state index in [0.717, 1.165) is 26.1 Å². The standard InChI is InChI=1S/C9H13NO2/c11-9-1-3-10(6-9)5-8-2-4-12-7-8/h2,4,7,9,11H,1,3,5-6H2/t9-/m0/s1. The average Bonchev–Trinajstić information content (AvgIpc) is 2.63. The summed E-state index contributed by atoms with van der Waals surface area (Å²) in [7, 11) is 0. The summed E-state index contributed by atoms with van der Waals surface area (Å²) >= 11 is 0. The molecule has 1 aromatic rings. The van der Waals surface area contributed by atoms with Crippen LogP contribution in [-0.4, -0.2) is 29.2 Å². The molecule has 66 valence electrons. The largest absolute Gasteiger partial charge is 0.472 e. The molecule has 3 heteroatoms. The van der Waals surface area contributed by atoms with Gasteiger partial charge in [0.05, 0.1) is 18.6 Å². The van der Waals surface area contributed by atoms with Crippen LogP contribution >= 0.6 is 0 Å². The SMILES string of the molecule is O[C@H]1CCN(Cc2ccoc2)C1. The Kier molecular flexibility index (Phi) is 2.15. The molecule has 0 spiro atoms. The van der Waals surface area contributed by atoms with E-state index in [9.17, 15) is 5.11 Å². The molecule has 1 N–H and O–H groups in total. The fourth-order valence-electron chi connectivity index (χ4n) is 1.60. The topological polar surface area (TPSA) is 36.6 Å². The summed E-state index contributed by atoms with van der Waals surface area (Å²) in [4.78, 5) is 2.23. The van der Waals surface area contributed by atoms with Crippen LogP contribution in [0.25, 0.3) is 0 Å². The van der Waals surface area contributed by atoms with Gasteiger partial charge >= 0.3 is 0 Å². The third-order valence-corrected chi connectivity index (χ3v) is 2.23. The van der Waals surface area contributed by atoms with Crippen molar-refractivity contribution in [3.05, 3.63) is 24.2 Å². The fraction of sp³-hybridized carbons (Fsp3) is 0.556. The second kappa shape index (κ2) is 3.29. The van der Waals surface area contributed by atoms with Crippen molar-refractivity contribution in [2.45, 2.75) is 19.1 Å². The van der Waals surface area contributed by atoms with E-state index in [0.29, 0.717) is 0 Å². The molecule has 0 aromatic carbocycles. The van der Waals surface area contributed by atoms with Crippen molar-refractivity contribution in [3.8, 4) is 0 Å². The number of hydrogen-bond donors (Lipinski definition) is 1. The number of rotatable bonds is 2. The minimum Gasteiger partial charge on any atom is -0.472 e. The minimum absolute atomic E-state index is 0.128. The van der Waals surface area contributed by atoms with E-state index in [1.165, 1.54) is 5.56 Å². The molecule has 1 aliphatic rings. The van der Waals surface area contributed by atoms with Crippen molar-refractivity contribution < 1.29 is 9.52 Å². The number of likely N-dealkylation sites (tertiary alicyclic amines) is 1. The molecule has 0 radical (unpaired) electrons. The summed E-state index contributed by atoms with van der Waals surface area (Å²) in [6.45, 7) is 2.69. The molecule has 0 saturated carbocycles. The summed E-state index contributed by atoms with van der Waals surface area (Å²) in [5.74, 6) is 0. The first kappa shape index (κ1) is 7.83. The predicted octanol–water partition coefficient (Wildman–Crippen LogP) is 0.846. The summed E-state index contributed by atoms with van der Waals surface area (Å²) in [6, 6.07) is 1.96. The lowest BCUT2D eigenvalue weighted by Gasteiger charge is -2.12. The van der Waals surface area contributed by atoms with Crippen LogP contribution in [0.2, 0.25) is 0 Å². The average molecular weight is 167 g/mol. The van der Waals surface area contributed by atoms with Crippen LogP contribution in [0, 0.1) is 0 Å². The van der Waals surface area contributed by atoms with E-state index < -0.39 is 0 Å². The van der Waals surface area contributed by atoms with Crippen molar-refractivity contribution in [2.75, 3.05) is 13.1 Å². The Hall–Kier alpha value is -0.800. The number of aliphatic hydroxyl groups is 1. The zero-order chi connectivity index (χ0) is 8.39. The highest BCUT2D eigenvalue weighted by molar-refractivity contribution is 5.05. The van der Waals surface area contributed by atoms with E-state index in [2.05, 4.69) is 4.90 Å². The van der Waals surface area contributed by atoms with E-state index in [1.54, 1.807) is 12.5 Å². The first-order valence-corrected chi connectivity index (χ1v) is 4.26. The lowest BCUT2D eigenvalue weighted by Crippen LogP contribution is -2.21. The molecule has 0 unspecified atom stereocenters. The van der Waals surface area contributed by atoms with Gasteiger partial charge in [0, 0.05) is 25.2 Å². The molecule has 0 aliphatic carbocycles. The van der Waals surface area contributed by atoms with Crippen molar-refractivity contribution in [1.29, 1.82) is 0 Å². The molecule has 1 atom stereocenters. The molecule has 1 aromatic heterocycles. The van der Waals surface area contributed by atoms with E-state index in [1.807, 2.05) is 6.07 Å². The maximum absolute atomic E-state index is 9.26. The Bertz CT molecular complexity index is 233. The van der Waals surface area contributed by atoms with Gasteiger partial charge in [-0.1, -0.05) is 0 Å². The number of aliphatic hydroxyl groups excluding tert-OH is 1. The first-order valence-electron chi connectivity index (χ1n) is 4.26. The van der Waals surface area contributed by atoms with Gasteiger partial charge in [-0.05, 0) is 12.5 Å². The van der Waals surface area contributed by atoms with Gasteiger partial charge < -0.3 is 9.52 Å². The highest BCUT2D eigenvalue weighted by atomic mass is 16.3. The molecular weight excluding hydrogens is 154 g/mol. The van der Waals surface area contributed by atoms with Crippen molar-refractivity contribution in [2.24, 2.45) is 0 Å². The number of nitrogens with zero attached hydrogens (tertiary/aromatic N) is 1. The van der Waals surface area contributed by atoms with E-state index in [4.69, 9.17) is 4.42 Å². The molecule has 2 heterocycles. The summed E-state index contributed by atoms with van der Waals surface area (Å²) in [5, 5.41) is 9.26. The van der Waals surface area contributed by atoms with Crippen molar-refractivity contribution >= 4 is 0 Å². The zero-order valence-corrected chi connectivity index (χ0v) is 6.94. The van der Waals surface area contributed by atoms with Gasteiger partial charge in [0.15, 0.2) is 0 Å². The minimum atomic E-state index is -0.128. The lowest BCUT2D eigenvalue weighted by molar-refractivity contribution is 0.174. The molecule has 0 amide bonds. The molecule has 3 nitrogen and oxygen atoms in total. The highest BCUT2D eigenvalue weighted by Gasteiger charge is 2.19. The summed E-state index contributed by atoms with van der Waals surface area (Å²) in [6.07, 6.45) is 4.21. The normalized spacial score (nSPS) is 24.9. The van der Waals surface area contributed by atoms with Crippen LogP contribution in [0.3, 0.4) is 0 Å². The van der Waals surface area contributed by atoms with Gasteiger partial charge in [-0.25, -0.2) is 0 Å². The van der Waals surface area contributed by atoms with Gasteiger partial charge in [0.1, 0.15) is 0 Å². The summed E-state index contributed by atoms with van der Waals surface area (Å²) in [5.41, 5.74) is 1.18. The Morgan fingerprint density at radius 3 is 3.17 bits per heavy atom. The van der Waals surface area contributed by atoms with Gasteiger partial charge in [0.25, 0.3) is 0 Å². The number of furan rings is 1. The molecule has 0 bridgehead atoms. The zero-order valence-electron chi connectivity index (χ0n) is 6.94. The monoisotopic (exact) mass is 167 g/mol. The van der Waals surface area contributed by atoms with Crippen LogP contribution in [0.1, 0.15) is 12.0 Å². The molecular formula is C9H13NO2. The van der Waals surface area contributed by atoms with Crippen molar-refractivity contribution in [1.82, 2.24) is 4.90 Å². The van der Waals surface area contributed by atoms with Gasteiger partial charge in [-0.3, -0.25) is 4.90 Å². The van der Waals surface area contributed by atoms with Crippen LogP contribution in [0.4, 0.5) is 0 Å². The highest BCUT2D eigenvalue weighted by Crippen LogP contribution is 2.13. The van der Waals surface area contributed by atoms with Crippen LogP contribution in [0.5, 0.6) is 0 Å². The van der Waals surface area contributed by atoms with Crippen molar-refractivity contribution in [3.63, 3.8) is 0 Å². The van der Waals surface area contributed by atoms with E-state index >= 15 is 0 Å². The fourth-order valence-corrected chi connectivity index (χ4v) is 1.60. The molecule has 1 fully saturated rings. The third kappa shape index (κ3) is 1.68. The maximum atomic E-state index is 9.26. The Labute approximate surface area is 71.6 Å². The maximum Gasteiger partial charge on any atom is 0.0947 e.